The van der Waals surface area contributed by atoms with Gasteiger partial charge in [0.15, 0.2) is 0 Å². The van der Waals surface area contributed by atoms with E-state index in [-0.39, 0.29) is 16.7 Å². The molecule has 1 saturated heterocycles. The fourth-order valence-electron chi connectivity index (χ4n) is 2.90. The summed E-state index contributed by atoms with van der Waals surface area (Å²) in [5.41, 5.74) is 3.43. The fourth-order valence-corrected chi connectivity index (χ4v) is 3.10. The maximum atomic E-state index is 13.3. The quantitative estimate of drug-likeness (QED) is 0.625. The predicted octanol–water partition coefficient (Wildman–Crippen LogP) is 2.44. The zero-order chi connectivity index (χ0) is 15.3. The van der Waals surface area contributed by atoms with Crippen molar-refractivity contribution in [3.63, 3.8) is 0 Å². The Labute approximate surface area is 129 Å². The second-order valence-electron chi connectivity index (χ2n) is 5.28. The van der Waals surface area contributed by atoms with Gasteiger partial charge >= 0.3 is 0 Å². The normalized spacial score (nSPS) is 19.4. The topological polar surface area (TPSA) is 56.5 Å². The van der Waals surface area contributed by atoms with Gasteiger partial charge < -0.3 is 9.47 Å². The molecule has 3 N–H and O–H groups in total. The summed E-state index contributed by atoms with van der Waals surface area (Å²) in [6.07, 6.45) is 2.19. The summed E-state index contributed by atoms with van der Waals surface area (Å²) < 4.78 is 24.7. The Morgan fingerprint density at radius 2 is 2.19 bits per heavy atom. The van der Waals surface area contributed by atoms with Crippen LogP contribution in [0, 0.1) is 5.82 Å². The highest BCUT2D eigenvalue weighted by Gasteiger charge is 2.40. The van der Waals surface area contributed by atoms with E-state index in [0.717, 1.165) is 18.4 Å². The molecule has 0 radical (unpaired) electrons. The van der Waals surface area contributed by atoms with E-state index in [1.165, 1.54) is 6.07 Å². The molecule has 4 nitrogen and oxygen atoms in total. The number of nitrogens with one attached hydrogen (secondary N) is 1. The predicted molar refractivity (Wildman–Crippen MR) is 80.6 cm³/mol. The molecule has 2 rings (SSSR count). The van der Waals surface area contributed by atoms with Crippen molar-refractivity contribution in [3.8, 4) is 0 Å². The van der Waals surface area contributed by atoms with Crippen LogP contribution in [0.3, 0.4) is 0 Å². The Morgan fingerprint density at radius 1 is 1.48 bits per heavy atom. The third-order valence-corrected chi connectivity index (χ3v) is 4.32. The number of halogens is 2. The van der Waals surface area contributed by atoms with Gasteiger partial charge in [0.2, 0.25) is 0 Å². The molecule has 0 spiro atoms. The second kappa shape index (κ2) is 7.51. The number of benzene rings is 1. The average molecular weight is 317 g/mol. The van der Waals surface area contributed by atoms with Gasteiger partial charge in [-0.25, -0.2) is 4.39 Å². The van der Waals surface area contributed by atoms with Crippen molar-refractivity contribution in [1.82, 2.24) is 5.43 Å². The Kier molecular flexibility index (Phi) is 5.96. The number of hydrazine groups is 1. The SMILES string of the molecule is CCOC1(C(Cc2ccc(F)c(Cl)c2)NN)CCOCC1. The van der Waals surface area contributed by atoms with E-state index in [9.17, 15) is 4.39 Å². The van der Waals surface area contributed by atoms with Crippen LogP contribution in [0.4, 0.5) is 4.39 Å². The minimum absolute atomic E-state index is 0.0807. The number of hydrogen-bond acceptors (Lipinski definition) is 4. The van der Waals surface area contributed by atoms with Gasteiger partial charge in [-0.05, 0) is 31.0 Å². The van der Waals surface area contributed by atoms with Crippen molar-refractivity contribution in [2.75, 3.05) is 19.8 Å². The van der Waals surface area contributed by atoms with Gasteiger partial charge in [0.05, 0.1) is 16.7 Å². The zero-order valence-electron chi connectivity index (χ0n) is 12.2. The largest absolute Gasteiger partial charge is 0.381 e. The standard InChI is InChI=1S/C15H22ClFN2O2/c1-2-21-15(5-7-20-8-6-15)14(19-18)10-11-3-4-13(17)12(16)9-11/h3-4,9,14,19H,2,5-8,10,18H2,1H3. The van der Waals surface area contributed by atoms with Gasteiger partial charge in [0.25, 0.3) is 0 Å². The summed E-state index contributed by atoms with van der Waals surface area (Å²) in [6, 6.07) is 4.66. The van der Waals surface area contributed by atoms with E-state index < -0.39 is 5.82 Å². The first-order valence-electron chi connectivity index (χ1n) is 7.23. The molecule has 1 aromatic rings. The van der Waals surface area contributed by atoms with Crippen LogP contribution in [0.2, 0.25) is 5.02 Å². The molecular weight excluding hydrogens is 295 g/mol. The maximum Gasteiger partial charge on any atom is 0.141 e. The molecule has 21 heavy (non-hydrogen) atoms. The van der Waals surface area contributed by atoms with Gasteiger partial charge in [-0.2, -0.15) is 0 Å². The average Bonchev–Trinajstić information content (AvgIpc) is 2.49. The van der Waals surface area contributed by atoms with Crippen LogP contribution in [0.1, 0.15) is 25.3 Å². The lowest BCUT2D eigenvalue weighted by molar-refractivity contribution is -0.126. The lowest BCUT2D eigenvalue weighted by Crippen LogP contribution is -2.58. The summed E-state index contributed by atoms with van der Waals surface area (Å²) in [6.45, 7) is 3.90. The highest BCUT2D eigenvalue weighted by Crippen LogP contribution is 2.31. The van der Waals surface area contributed by atoms with Crippen LogP contribution in [0.15, 0.2) is 18.2 Å². The summed E-state index contributed by atoms with van der Waals surface area (Å²) in [5.74, 6) is 5.34. The van der Waals surface area contributed by atoms with Crippen molar-refractivity contribution >= 4 is 11.6 Å². The molecule has 1 unspecified atom stereocenters. The molecular formula is C15H22ClFN2O2. The van der Waals surface area contributed by atoms with Crippen molar-refractivity contribution < 1.29 is 13.9 Å². The maximum absolute atomic E-state index is 13.3. The second-order valence-corrected chi connectivity index (χ2v) is 5.69. The van der Waals surface area contributed by atoms with E-state index >= 15 is 0 Å². The van der Waals surface area contributed by atoms with Gasteiger partial charge in [-0.1, -0.05) is 17.7 Å². The minimum atomic E-state index is -0.414. The summed E-state index contributed by atoms with van der Waals surface area (Å²) in [4.78, 5) is 0. The number of ether oxygens (including phenoxy) is 2. The van der Waals surface area contributed by atoms with Crippen LogP contribution < -0.4 is 11.3 Å². The van der Waals surface area contributed by atoms with E-state index in [2.05, 4.69) is 5.43 Å². The molecule has 0 aliphatic carbocycles. The Bertz CT molecular complexity index is 461. The summed E-state index contributed by atoms with van der Waals surface area (Å²) >= 11 is 5.84. The highest BCUT2D eigenvalue weighted by atomic mass is 35.5. The third-order valence-electron chi connectivity index (χ3n) is 4.03. The van der Waals surface area contributed by atoms with Gasteiger partial charge in [-0.3, -0.25) is 11.3 Å². The Balaban J connectivity index is 2.17. The molecule has 0 aromatic heterocycles. The third kappa shape index (κ3) is 3.93. The molecule has 1 aliphatic rings. The number of nitrogens with two attached hydrogens (primary N) is 1. The summed E-state index contributed by atoms with van der Waals surface area (Å²) in [5, 5.41) is 0.126. The summed E-state index contributed by atoms with van der Waals surface area (Å²) in [7, 11) is 0. The van der Waals surface area contributed by atoms with Gasteiger partial charge in [0.1, 0.15) is 5.82 Å². The van der Waals surface area contributed by atoms with Crippen LogP contribution in [0.5, 0.6) is 0 Å². The van der Waals surface area contributed by atoms with Crippen molar-refractivity contribution in [1.29, 1.82) is 0 Å². The smallest absolute Gasteiger partial charge is 0.141 e. The van der Waals surface area contributed by atoms with Crippen LogP contribution in [-0.4, -0.2) is 31.5 Å². The van der Waals surface area contributed by atoms with Gasteiger partial charge in [-0.15, -0.1) is 0 Å². The first kappa shape index (κ1) is 16.6. The van der Waals surface area contributed by atoms with Gasteiger partial charge in [0, 0.05) is 32.7 Å². The molecule has 1 atom stereocenters. The van der Waals surface area contributed by atoms with Crippen LogP contribution in [0.25, 0.3) is 0 Å². The molecule has 118 valence electrons. The molecule has 1 aromatic carbocycles. The van der Waals surface area contributed by atoms with Crippen LogP contribution >= 0.6 is 11.6 Å². The molecule has 1 heterocycles. The van der Waals surface area contributed by atoms with Crippen molar-refractivity contribution in [2.45, 2.75) is 37.8 Å². The molecule has 0 bridgehead atoms. The molecule has 0 saturated carbocycles. The number of rotatable bonds is 6. The first-order valence-corrected chi connectivity index (χ1v) is 7.61. The Hall–Kier alpha value is -0.720. The van der Waals surface area contributed by atoms with Crippen molar-refractivity contribution in [2.24, 2.45) is 5.84 Å². The van der Waals surface area contributed by atoms with E-state index in [4.69, 9.17) is 26.9 Å². The zero-order valence-corrected chi connectivity index (χ0v) is 13.0. The lowest BCUT2D eigenvalue weighted by atomic mass is 9.83. The molecule has 0 amide bonds. The van der Waals surface area contributed by atoms with E-state index in [1.807, 2.05) is 6.92 Å². The highest BCUT2D eigenvalue weighted by molar-refractivity contribution is 6.30. The Morgan fingerprint density at radius 3 is 2.76 bits per heavy atom. The molecule has 1 fully saturated rings. The lowest BCUT2D eigenvalue weighted by Gasteiger charge is -2.43. The fraction of sp³-hybridized carbons (Fsp3) is 0.600. The monoisotopic (exact) mass is 316 g/mol. The van der Waals surface area contributed by atoms with Crippen LogP contribution in [-0.2, 0) is 15.9 Å². The molecule has 1 aliphatic heterocycles. The number of hydrogen-bond donors (Lipinski definition) is 2. The first-order chi connectivity index (χ1) is 10.1. The van der Waals surface area contributed by atoms with Crippen molar-refractivity contribution in [3.05, 3.63) is 34.6 Å². The molecule has 6 heteroatoms. The van der Waals surface area contributed by atoms with E-state index in [0.29, 0.717) is 26.2 Å². The van der Waals surface area contributed by atoms with E-state index in [1.54, 1.807) is 12.1 Å². The minimum Gasteiger partial charge on any atom is -0.381 e.